The molecule has 0 aliphatic carbocycles. The number of carboxylic acids is 2. The van der Waals surface area contributed by atoms with Crippen LogP contribution in [0.15, 0.2) is 156 Å². The number of ether oxygens (including phenoxy) is 1. The third-order valence-electron chi connectivity index (χ3n) is 11.8. The molecule has 7 aromatic carbocycles. The van der Waals surface area contributed by atoms with E-state index in [1.165, 1.54) is 32.0 Å². The van der Waals surface area contributed by atoms with E-state index < -0.39 is 155 Å². The summed E-state index contributed by atoms with van der Waals surface area (Å²) in [5.41, 5.74) is -5.71. The van der Waals surface area contributed by atoms with Gasteiger partial charge in [-0.1, -0.05) is 0 Å². The first kappa shape index (κ1) is 60.5. The Morgan fingerprint density at radius 2 is 0.905 bits per heavy atom. The summed E-state index contributed by atoms with van der Waals surface area (Å²) in [6, 6.07) is 13.4. The quantitative estimate of drug-likeness (QED) is 0.0300. The lowest BCUT2D eigenvalue weighted by Gasteiger charge is -2.12. The fourth-order valence-corrected chi connectivity index (χ4v) is 10.8. The van der Waals surface area contributed by atoms with E-state index in [9.17, 15) is 100.0 Å². The van der Waals surface area contributed by atoms with E-state index in [2.05, 4.69) is 46.0 Å². The van der Waals surface area contributed by atoms with Gasteiger partial charge in [0.1, 0.15) is 54.6 Å². The molecule has 1 heterocycles. The first-order valence-corrected chi connectivity index (χ1v) is 29.6. The highest BCUT2D eigenvalue weighted by molar-refractivity contribution is 7.87. The maximum Gasteiger partial charge on any atom is 0.338 e. The van der Waals surface area contributed by atoms with E-state index in [1.807, 2.05) is 0 Å². The van der Waals surface area contributed by atoms with Gasteiger partial charge in [-0.25, -0.2) is 9.59 Å². The molecule has 8 aromatic rings. The molecule has 84 heavy (non-hydrogen) atoms. The van der Waals surface area contributed by atoms with Crippen molar-refractivity contribution in [2.75, 3.05) is 7.11 Å². The van der Waals surface area contributed by atoms with Crippen LogP contribution in [0.25, 0.3) is 27.2 Å². The Morgan fingerprint density at radius 1 is 0.464 bits per heavy atom. The number of azo groups is 4. The largest absolute Gasteiger partial charge is 0.505 e. The van der Waals surface area contributed by atoms with Crippen LogP contribution in [0.3, 0.4) is 0 Å². The third kappa shape index (κ3) is 12.3. The summed E-state index contributed by atoms with van der Waals surface area (Å²) in [5.74, 6) is -6.39. The monoisotopic (exact) mass is 1250 g/mol. The first-order valence-electron chi connectivity index (χ1n) is 22.4. The topological polar surface area (TPSA) is 533 Å². The average Bonchev–Trinajstić information content (AvgIpc) is 1.22. The number of aryl methyl sites for hydroxylation is 2. The van der Waals surface area contributed by atoms with Crippen molar-refractivity contribution in [1.29, 1.82) is 0 Å². The summed E-state index contributed by atoms with van der Waals surface area (Å²) in [5, 5.41) is 87.1. The molecule has 0 radical (unpaired) electrons. The van der Waals surface area contributed by atoms with Crippen molar-refractivity contribution in [3.05, 3.63) is 113 Å². The SMILES string of the molecule is COc1cc(N=Nc2ccc(S(=O)(=O)O)cc2C(=O)O)c(C)cc1N=Nc1c(S(=O)(=O)O)cc2cc(S(=O)(=O)O)c(N=Nc3c(C)nn(-c4ccc5c(O)c(N=Nc6ccc(S(=O)(=O)O)cc6C(=O)O)c(S(=O)(=O)O)cc5c4)c3O)cc2c1O. The number of benzene rings is 7. The molecule has 436 valence electrons. The average molecular weight is 1260 g/mol. The summed E-state index contributed by atoms with van der Waals surface area (Å²) < 4.78 is 178. The third-order valence-corrected chi connectivity index (χ3v) is 16.1. The Kier molecular flexibility index (Phi) is 15.8. The molecule has 0 spiro atoms. The van der Waals surface area contributed by atoms with Crippen LogP contribution in [0.2, 0.25) is 0 Å². The minimum absolute atomic E-state index is 0.0145. The van der Waals surface area contributed by atoms with E-state index in [0.29, 0.717) is 24.3 Å². The van der Waals surface area contributed by atoms with Crippen molar-refractivity contribution >= 4 is 130 Å². The minimum atomic E-state index is -5.36. The summed E-state index contributed by atoms with van der Waals surface area (Å²) in [4.78, 5) is 18.9. The molecule has 0 aliphatic rings. The van der Waals surface area contributed by atoms with E-state index in [0.717, 1.165) is 60.3 Å². The molecule has 0 saturated carbocycles. The van der Waals surface area contributed by atoms with Gasteiger partial charge in [0.2, 0.25) is 5.88 Å². The van der Waals surface area contributed by atoms with Gasteiger partial charge in [-0.15, -0.1) is 35.8 Å². The lowest BCUT2D eigenvalue weighted by molar-refractivity contribution is 0.0686. The molecule has 38 heteroatoms. The number of phenolic OH excluding ortho intramolecular Hbond substituents is 2. The molecule has 8 rings (SSSR count). The molecular formula is C46H34N10O23S5. The summed E-state index contributed by atoms with van der Waals surface area (Å²) >= 11 is 0. The number of carbonyl (C=O) groups is 2. The van der Waals surface area contributed by atoms with E-state index in [1.54, 1.807) is 0 Å². The molecule has 0 fully saturated rings. The van der Waals surface area contributed by atoms with Crippen molar-refractivity contribution < 1.29 is 105 Å². The Balaban J connectivity index is 1.16. The van der Waals surface area contributed by atoms with Crippen molar-refractivity contribution in [1.82, 2.24) is 9.78 Å². The van der Waals surface area contributed by atoms with Crippen LogP contribution < -0.4 is 4.74 Å². The fourth-order valence-electron chi connectivity index (χ4n) is 7.81. The molecular weight excluding hydrogens is 1220 g/mol. The second-order valence-electron chi connectivity index (χ2n) is 17.2. The number of aromatic nitrogens is 2. The number of rotatable bonds is 17. The predicted octanol–water partition coefficient (Wildman–Crippen LogP) is 9.21. The molecule has 33 nitrogen and oxygen atoms in total. The van der Waals surface area contributed by atoms with Gasteiger partial charge in [0, 0.05) is 16.8 Å². The first-order chi connectivity index (χ1) is 39.0. The minimum Gasteiger partial charge on any atom is -0.505 e. The van der Waals surface area contributed by atoms with Gasteiger partial charge in [0.25, 0.3) is 50.6 Å². The van der Waals surface area contributed by atoms with Crippen LogP contribution in [0.5, 0.6) is 23.1 Å². The number of nitrogens with zero attached hydrogens (tertiary/aromatic N) is 10. The van der Waals surface area contributed by atoms with Crippen molar-refractivity contribution in [2.45, 2.75) is 38.3 Å². The number of hydrogen-bond donors (Lipinski definition) is 10. The number of phenols is 2. The van der Waals surface area contributed by atoms with E-state index in [-0.39, 0.29) is 50.5 Å². The number of aromatic carboxylic acids is 2. The predicted molar refractivity (Wildman–Crippen MR) is 285 cm³/mol. The summed E-state index contributed by atoms with van der Waals surface area (Å²) in [7, 11) is -24.5. The standard InChI is InChI=1S/C46H34N10O23S5/c1-19-10-33(35(79-3)18-32(19)49-47-30-8-5-24(80(64,65)66)15-28(30)45(60)61)50-54-41-38(84(76,77)78)14-22-12-36(82(70,71)72)34(17-27(22)43(41)58)51-52-39-20(2)55-56(44(39)59)23-4-7-26-21(11-23)13-37(83(73,74)75)40(42(26)57)53-48-31-9-6-25(81(67,68)69)16-29(31)46(62)63/h4-18,57-59H,1-3H3,(H,60,61)(H,62,63)(H,64,65,66)(H,67,68,69)(H,70,71,72)(H,73,74,75)(H,76,77,78). The second-order valence-corrected chi connectivity index (χ2v) is 24.2. The zero-order chi connectivity index (χ0) is 61.9. The van der Waals surface area contributed by atoms with Gasteiger partial charge < -0.3 is 30.3 Å². The van der Waals surface area contributed by atoms with Crippen LogP contribution in [0, 0.1) is 13.8 Å². The van der Waals surface area contributed by atoms with Crippen molar-refractivity contribution in [2.24, 2.45) is 40.9 Å². The molecule has 1 aromatic heterocycles. The maximum atomic E-state index is 12.8. The number of aromatic hydroxyl groups is 3. The van der Waals surface area contributed by atoms with Gasteiger partial charge in [0.05, 0.1) is 45.1 Å². The lowest BCUT2D eigenvalue weighted by Crippen LogP contribution is -2.03. The number of methoxy groups -OCH3 is 1. The molecule has 0 unspecified atom stereocenters. The van der Waals surface area contributed by atoms with Gasteiger partial charge in [0.15, 0.2) is 17.2 Å². The van der Waals surface area contributed by atoms with Crippen molar-refractivity contribution in [3.8, 4) is 28.8 Å². The zero-order valence-electron chi connectivity index (χ0n) is 42.0. The van der Waals surface area contributed by atoms with Crippen LogP contribution in [-0.2, 0) is 50.6 Å². The van der Waals surface area contributed by atoms with Gasteiger partial charge >= 0.3 is 11.9 Å². The Labute approximate surface area is 470 Å². The maximum absolute atomic E-state index is 12.8. The zero-order valence-corrected chi connectivity index (χ0v) is 46.0. The van der Waals surface area contributed by atoms with Gasteiger partial charge in [-0.3, -0.25) is 22.8 Å². The molecule has 0 amide bonds. The summed E-state index contributed by atoms with van der Waals surface area (Å²) in [6.07, 6.45) is 0. The van der Waals surface area contributed by atoms with Gasteiger partial charge in [-0.2, -0.15) is 57.0 Å². The van der Waals surface area contributed by atoms with Crippen LogP contribution >= 0.6 is 0 Å². The Morgan fingerprint density at radius 3 is 1.39 bits per heavy atom. The lowest BCUT2D eigenvalue weighted by atomic mass is 10.1. The highest BCUT2D eigenvalue weighted by Gasteiger charge is 2.28. The van der Waals surface area contributed by atoms with Crippen LogP contribution in [0.1, 0.15) is 32.0 Å². The smallest absolute Gasteiger partial charge is 0.338 e. The van der Waals surface area contributed by atoms with Crippen molar-refractivity contribution in [3.63, 3.8) is 0 Å². The number of hydrogen-bond acceptors (Lipinski definition) is 25. The van der Waals surface area contributed by atoms with Gasteiger partial charge in [-0.05, 0) is 115 Å². The molecule has 10 N–H and O–H groups in total. The Hall–Kier alpha value is -9.64. The summed E-state index contributed by atoms with van der Waals surface area (Å²) in [6.45, 7) is 2.74. The van der Waals surface area contributed by atoms with E-state index in [4.69, 9.17) is 4.74 Å². The molecule has 0 atom stereocenters. The molecule has 0 saturated heterocycles. The van der Waals surface area contributed by atoms with Crippen LogP contribution in [0.4, 0.5) is 45.5 Å². The number of carboxylic acid groups (broad SMARTS) is 2. The highest BCUT2D eigenvalue weighted by atomic mass is 32.2. The molecule has 0 bridgehead atoms. The Bertz CT molecular complexity index is 4930. The number of fused-ring (bicyclic) bond motifs is 2. The fraction of sp³-hybridized carbons (Fsp3) is 0.0652. The van der Waals surface area contributed by atoms with E-state index >= 15 is 0 Å². The normalized spacial score (nSPS) is 12.9. The highest BCUT2D eigenvalue weighted by Crippen LogP contribution is 2.47. The second kappa shape index (κ2) is 21.9. The molecule has 0 aliphatic heterocycles. The van der Waals surface area contributed by atoms with Crippen LogP contribution in [-0.4, -0.2) is 119 Å².